The monoisotopic (exact) mass is 249 g/mol. The highest BCUT2D eigenvalue weighted by atomic mass is 16.6. The van der Waals surface area contributed by atoms with E-state index >= 15 is 0 Å². The lowest BCUT2D eigenvalue weighted by Gasteiger charge is -2.29. The average molecular weight is 249 g/mol. The van der Waals surface area contributed by atoms with Gasteiger partial charge in [0, 0.05) is 12.1 Å². The van der Waals surface area contributed by atoms with Gasteiger partial charge in [0.25, 0.3) is 0 Å². The molecular weight excluding hydrogens is 226 g/mol. The van der Waals surface area contributed by atoms with Crippen LogP contribution >= 0.6 is 0 Å². The molecule has 1 aromatic carbocycles. The van der Waals surface area contributed by atoms with Gasteiger partial charge in [0.2, 0.25) is 0 Å². The van der Waals surface area contributed by atoms with Crippen LogP contribution in [0.2, 0.25) is 0 Å². The van der Waals surface area contributed by atoms with Gasteiger partial charge in [0.15, 0.2) is 0 Å². The van der Waals surface area contributed by atoms with E-state index in [0.29, 0.717) is 6.61 Å². The van der Waals surface area contributed by atoms with Crippen LogP contribution in [-0.2, 0) is 11.3 Å². The van der Waals surface area contributed by atoms with Crippen LogP contribution in [-0.4, -0.2) is 23.1 Å². The van der Waals surface area contributed by atoms with E-state index in [1.165, 1.54) is 5.56 Å². The quantitative estimate of drug-likeness (QED) is 0.813. The molecule has 1 amide bonds. The van der Waals surface area contributed by atoms with Gasteiger partial charge < -0.3 is 9.64 Å². The van der Waals surface area contributed by atoms with Crippen molar-refractivity contribution in [2.24, 2.45) is 0 Å². The van der Waals surface area contributed by atoms with E-state index in [2.05, 4.69) is 0 Å². The lowest BCUT2D eigenvalue weighted by Crippen LogP contribution is -2.42. The molecule has 0 aromatic heterocycles. The summed E-state index contributed by atoms with van der Waals surface area (Å²) in [5.41, 5.74) is 2.22. The maximum atomic E-state index is 12.0. The normalized spacial score (nSPS) is 10.8. The second-order valence-electron chi connectivity index (χ2n) is 5.13. The Labute approximate surface area is 110 Å². The second-order valence-corrected chi connectivity index (χ2v) is 5.13. The minimum atomic E-state index is -0.249. The van der Waals surface area contributed by atoms with Gasteiger partial charge in [-0.25, -0.2) is 4.79 Å². The zero-order chi connectivity index (χ0) is 13.7. The minimum absolute atomic E-state index is 0.149. The number of hydrogen-bond acceptors (Lipinski definition) is 2. The second kappa shape index (κ2) is 6.43. The van der Waals surface area contributed by atoms with Gasteiger partial charge in [-0.1, -0.05) is 29.8 Å². The lowest BCUT2D eigenvalue weighted by molar-refractivity contribution is 0.0738. The Hall–Kier alpha value is -1.51. The number of rotatable bonds is 4. The molecule has 3 heteroatoms. The first kappa shape index (κ1) is 14.6. The predicted octanol–water partition coefficient (Wildman–Crippen LogP) is 3.75. The third kappa shape index (κ3) is 4.06. The molecule has 0 radical (unpaired) electrons. The zero-order valence-electron chi connectivity index (χ0n) is 11.9. The summed E-state index contributed by atoms with van der Waals surface area (Å²) < 4.78 is 5.34. The average Bonchev–Trinajstić information content (AvgIpc) is 2.27. The van der Waals surface area contributed by atoms with Gasteiger partial charge in [0.05, 0.1) is 0 Å². The van der Waals surface area contributed by atoms with Crippen molar-refractivity contribution in [2.45, 2.75) is 53.3 Å². The summed E-state index contributed by atoms with van der Waals surface area (Å²) in [7, 11) is 0. The van der Waals surface area contributed by atoms with Crippen LogP contribution in [0.4, 0.5) is 4.79 Å². The number of carbonyl (C=O) groups is 1. The SMILES string of the molecule is Cc1ccc(COC(=O)N(C(C)C)C(C)C)cc1. The first-order chi connectivity index (χ1) is 8.41. The maximum absolute atomic E-state index is 12.0. The van der Waals surface area contributed by atoms with E-state index in [1.54, 1.807) is 4.90 Å². The van der Waals surface area contributed by atoms with Crippen molar-refractivity contribution in [3.05, 3.63) is 35.4 Å². The predicted molar refractivity (Wildman–Crippen MR) is 73.5 cm³/mol. The number of amides is 1. The van der Waals surface area contributed by atoms with E-state index in [0.717, 1.165) is 5.56 Å². The third-order valence-electron chi connectivity index (χ3n) is 2.81. The fraction of sp³-hybridized carbons (Fsp3) is 0.533. The topological polar surface area (TPSA) is 29.5 Å². The fourth-order valence-corrected chi connectivity index (χ4v) is 1.92. The highest BCUT2D eigenvalue weighted by molar-refractivity contribution is 5.68. The summed E-state index contributed by atoms with van der Waals surface area (Å²) in [4.78, 5) is 13.7. The highest BCUT2D eigenvalue weighted by Gasteiger charge is 2.21. The zero-order valence-corrected chi connectivity index (χ0v) is 11.9. The Morgan fingerprint density at radius 1 is 1.11 bits per heavy atom. The van der Waals surface area contributed by atoms with Gasteiger partial charge in [-0.2, -0.15) is 0 Å². The lowest BCUT2D eigenvalue weighted by atomic mass is 10.2. The molecule has 0 saturated heterocycles. The summed E-state index contributed by atoms with van der Waals surface area (Å²) in [5, 5.41) is 0. The number of ether oxygens (including phenoxy) is 1. The minimum Gasteiger partial charge on any atom is -0.445 e. The molecule has 0 unspecified atom stereocenters. The molecule has 1 rings (SSSR count). The maximum Gasteiger partial charge on any atom is 0.410 e. The molecule has 0 aliphatic heterocycles. The van der Waals surface area contributed by atoms with Crippen LogP contribution in [0.25, 0.3) is 0 Å². The molecule has 0 aliphatic rings. The highest BCUT2D eigenvalue weighted by Crippen LogP contribution is 2.10. The molecule has 0 atom stereocenters. The third-order valence-corrected chi connectivity index (χ3v) is 2.81. The smallest absolute Gasteiger partial charge is 0.410 e. The van der Waals surface area contributed by atoms with Gasteiger partial charge in [0.1, 0.15) is 6.61 Å². The van der Waals surface area contributed by atoms with E-state index in [-0.39, 0.29) is 18.2 Å². The van der Waals surface area contributed by atoms with Crippen molar-refractivity contribution >= 4 is 6.09 Å². The van der Waals surface area contributed by atoms with E-state index in [4.69, 9.17) is 4.74 Å². The molecule has 100 valence electrons. The molecule has 0 bridgehead atoms. The molecule has 3 nitrogen and oxygen atoms in total. The van der Waals surface area contributed by atoms with Crippen molar-refractivity contribution in [2.75, 3.05) is 0 Å². The van der Waals surface area contributed by atoms with Crippen LogP contribution in [0, 0.1) is 6.92 Å². The number of hydrogen-bond donors (Lipinski definition) is 0. The summed E-state index contributed by atoms with van der Waals surface area (Å²) in [6.07, 6.45) is -0.249. The van der Waals surface area contributed by atoms with Crippen molar-refractivity contribution in [3.8, 4) is 0 Å². The number of benzene rings is 1. The van der Waals surface area contributed by atoms with Crippen molar-refractivity contribution in [1.82, 2.24) is 4.90 Å². The Morgan fingerprint density at radius 2 is 1.61 bits per heavy atom. The molecule has 0 saturated carbocycles. The summed E-state index contributed by atoms with van der Waals surface area (Å²) in [6.45, 7) is 10.3. The fourth-order valence-electron chi connectivity index (χ4n) is 1.92. The Kier molecular flexibility index (Phi) is 5.20. The van der Waals surface area contributed by atoms with Crippen LogP contribution < -0.4 is 0 Å². The van der Waals surface area contributed by atoms with Crippen molar-refractivity contribution in [1.29, 1.82) is 0 Å². The van der Waals surface area contributed by atoms with Gasteiger partial charge in [-0.3, -0.25) is 0 Å². The van der Waals surface area contributed by atoms with Crippen molar-refractivity contribution < 1.29 is 9.53 Å². The molecule has 0 spiro atoms. The van der Waals surface area contributed by atoms with E-state index in [9.17, 15) is 4.79 Å². The Morgan fingerprint density at radius 3 is 2.06 bits per heavy atom. The van der Waals surface area contributed by atoms with Crippen molar-refractivity contribution in [3.63, 3.8) is 0 Å². The molecule has 0 aliphatic carbocycles. The summed E-state index contributed by atoms with van der Waals surface area (Å²) in [6, 6.07) is 8.30. The van der Waals surface area contributed by atoms with Gasteiger partial charge >= 0.3 is 6.09 Å². The van der Waals surface area contributed by atoms with E-state index < -0.39 is 0 Å². The first-order valence-electron chi connectivity index (χ1n) is 6.42. The van der Waals surface area contributed by atoms with Gasteiger partial charge in [-0.15, -0.1) is 0 Å². The molecule has 18 heavy (non-hydrogen) atoms. The molecular formula is C15H23NO2. The molecule has 0 heterocycles. The van der Waals surface area contributed by atoms with Crippen LogP contribution in [0.3, 0.4) is 0 Å². The standard InChI is InChI=1S/C15H23NO2/c1-11(2)16(12(3)4)15(17)18-10-14-8-6-13(5)7-9-14/h6-9,11-12H,10H2,1-5H3. The summed E-state index contributed by atoms with van der Waals surface area (Å²) in [5.74, 6) is 0. The largest absolute Gasteiger partial charge is 0.445 e. The van der Waals surface area contributed by atoms with E-state index in [1.807, 2.05) is 58.9 Å². The Bertz CT molecular complexity index is 374. The molecule has 0 N–H and O–H groups in total. The first-order valence-corrected chi connectivity index (χ1v) is 6.42. The van der Waals surface area contributed by atoms with Crippen LogP contribution in [0.1, 0.15) is 38.8 Å². The molecule has 0 fully saturated rings. The number of carbonyl (C=O) groups excluding carboxylic acids is 1. The molecule has 1 aromatic rings. The number of nitrogens with zero attached hydrogens (tertiary/aromatic N) is 1. The number of aryl methyl sites for hydroxylation is 1. The Balaban J connectivity index is 2.57. The van der Waals surface area contributed by atoms with Crippen LogP contribution in [0.15, 0.2) is 24.3 Å². The summed E-state index contributed by atoms with van der Waals surface area (Å²) >= 11 is 0. The van der Waals surface area contributed by atoms with Gasteiger partial charge in [-0.05, 0) is 40.2 Å². The van der Waals surface area contributed by atoms with Crippen LogP contribution in [0.5, 0.6) is 0 Å².